The Kier molecular flexibility index (Phi) is 6.33. The van der Waals surface area contributed by atoms with Crippen LogP contribution >= 0.6 is 15.9 Å². The SMILES string of the molecule is C=CCn1c(O)c(N=NC(=O)Cc2ccc(OC)c(OC)c2)c2cc(Br)ccc21. The first-order valence-electron chi connectivity index (χ1n) is 8.75. The molecule has 0 aliphatic heterocycles. The lowest BCUT2D eigenvalue weighted by atomic mass is 10.1. The van der Waals surface area contributed by atoms with Crippen molar-refractivity contribution in [1.29, 1.82) is 0 Å². The van der Waals surface area contributed by atoms with Gasteiger partial charge in [0.25, 0.3) is 5.91 Å². The van der Waals surface area contributed by atoms with E-state index < -0.39 is 5.91 Å². The Morgan fingerprint density at radius 1 is 1.21 bits per heavy atom. The van der Waals surface area contributed by atoms with Gasteiger partial charge in [0.15, 0.2) is 17.2 Å². The third kappa shape index (κ3) is 4.32. The first-order chi connectivity index (χ1) is 14.0. The molecule has 7 nitrogen and oxygen atoms in total. The number of nitrogens with zero attached hydrogens (tertiary/aromatic N) is 3. The molecule has 0 radical (unpaired) electrons. The summed E-state index contributed by atoms with van der Waals surface area (Å²) < 4.78 is 12.9. The molecule has 1 aromatic heterocycles. The molecule has 1 N–H and O–H groups in total. The van der Waals surface area contributed by atoms with Crippen molar-refractivity contribution in [2.75, 3.05) is 14.2 Å². The first-order valence-corrected chi connectivity index (χ1v) is 9.54. The fourth-order valence-corrected chi connectivity index (χ4v) is 3.38. The molecular weight excluding hydrogens is 438 g/mol. The number of hydrogen-bond donors (Lipinski definition) is 1. The Bertz CT molecular complexity index is 1100. The summed E-state index contributed by atoms with van der Waals surface area (Å²) in [5.74, 6) is 0.595. The van der Waals surface area contributed by atoms with Gasteiger partial charge < -0.3 is 19.1 Å². The number of azo groups is 1. The standard InChI is InChI=1S/C21H20BrN3O4/c1-4-9-25-16-7-6-14(22)12-15(16)20(21(25)27)24-23-19(26)11-13-5-8-17(28-2)18(10-13)29-3/h4-8,10,12,27H,1,9,11H2,2-3H3. The first kappa shape index (κ1) is 20.6. The second-order valence-corrected chi connectivity index (χ2v) is 7.11. The summed E-state index contributed by atoms with van der Waals surface area (Å²) in [6.45, 7) is 4.11. The predicted molar refractivity (Wildman–Crippen MR) is 114 cm³/mol. The normalized spacial score (nSPS) is 11.1. The fourth-order valence-electron chi connectivity index (χ4n) is 3.01. The summed E-state index contributed by atoms with van der Waals surface area (Å²) in [6.07, 6.45) is 1.71. The van der Waals surface area contributed by atoms with Crippen LogP contribution in [-0.4, -0.2) is 29.8 Å². The molecule has 0 spiro atoms. The van der Waals surface area contributed by atoms with Gasteiger partial charge in [-0.25, -0.2) is 0 Å². The average molecular weight is 458 g/mol. The average Bonchev–Trinajstić information content (AvgIpc) is 2.97. The van der Waals surface area contributed by atoms with Crippen LogP contribution in [0.3, 0.4) is 0 Å². The number of aromatic nitrogens is 1. The minimum atomic E-state index is -0.448. The summed E-state index contributed by atoms with van der Waals surface area (Å²) in [6, 6.07) is 10.8. The number of allylic oxidation sites excluding steroid dienone is 1. The van der Waals surface area contributed by atoms with Crippen molar-refractivity contribution < 1.29 is 19.4 Å². The number of carbonyl (C=O) groups is 1. The number of amides is 1. The van der Waals surface area contributed by atoms with Crippen LogP contribution in [0.2, 0.25) is 0 Å². The lowest BCUT2D eigenvalue weighted by Crippen LogP contribution is -1.99. The van der Waals surface area contributed by atoms with Gasteiger partial charge in [-0.15, -0.1) is 16.8 Å². The molecule has 0 aliphatic rings. The number of methoxy groups -OCH3 is 2. The minimum absolute atomic E-state index is 0.0413. The maximum absolute atomic E-state index is 12.3. The van der Waals surface area contributed by atoms with Gasteiger partial charge in [0.1, 0.15) is 0 Å². The van der Waals surface area contributed by atoms with Crippen molar-refractivity contribution in [2.24, 2.45) is 10.2 Å². The Morgan fingerprint density at radius 2 is 1.97 bits per heavy atom. The van der Waals surface area contributed by atoms with Crippen molar-refractivity contribution >= 4 is 38.4 Å². The maximum Gasteiger partial charge on any atom is 0.269 e. The van der Waals surface area contributed by atoms with Gasteiger partial charge in [0.05, 0.1) is 26.2 Å². The predicted octanol–water partition coefficient (Wildman–Crippen LogP) is 5.17. The number of halogens is 1. The molecular formula is C21H20BrN3O4. The third-order valence-electron chi connectivity index (χ3n) is 4.35. The zero-order chi connectivity index (χ0) is 21.0. The van der Waals surface area contributed by atoms with Crippen LogP contribution in [0.4, 0.5) is 5.69 Å². The molecule has 0 saturated heterocycles. The van der Waals surface area contributed by atoms with Crippen molar-refractivity contribution in [3.8, 4) is 17.4 Å². The monoisotopic (exact) mass is 457 g/mol. The van der Waals surface area contributed by atoms with Crippen LogP contribution < -0.4 is 9.47 Å². The van der Waals surface area contributed by atoms with Gasteiger partial charge in [-0.3, -0.25) is 4.79 Å². The van der Waals surface area contributed by atoms with Crippen LogP contribution in [-0.2, 0) is 17.8 Å². The molecule has 3 rings (SSSR count). The van der Waals surface area contributed by atoms with Crippen LogP contribution in [0.1, 0.15) is 5.56 Å². The van der Waals surface area contributed by atoms with Crippen molar-refractivity contribution in [1.82, 2.24) is 4.57 Å². The molecule has 0 atom stereocenters. The number of benzene rings is 2. The van der Waals surface area contributed by atoms with Crippen molar-refractivity contribution in [3.05, 3.63) is 59.1 Å². The summed E-state index contributed by atoms with van der Waals surface area (Å²) >= 11 is 3.42. The van der Waals surface area contributed by atoms with Crippen molar-refractivity contribution in [3.63, 3.8) is 0 Å². The van der Waals surface area contributed by atoms with Crippen LogP contribution in [0.25, 0.3) is 10.9 Å². The number of hydrogen-bond acceptors (Lipinski definition) is 5. The topological polar surface area (TPSA) is 85.4 Å². The summed E-state index contributed by atoms with van der Waals surface area (Å²) in [5.41, 5.74) is 1.73. The van der Waals surface area contributed by atoms with Gasteiger partial charge in [0.2, 0.25) is 5.88 Å². The van der Waals surface area contributed by atoms with E-state index in [1.807, 2.05) is 18.2 Å². The number of carbonyl (C=O) groups excluding carboxylic acids is 1. The van der Waals surface area contributed by atoms with E-state index >= 15 is 0 Å². The van der Waals surface area contributed by atoms with Gasteiger partial charge in [-0.05, 0) is 35.9 Å². The quantitative estimate of drug-likeness (QED) is 0.391. The second-order valence-electron chi connectivity index (χ2n) is 6.19. The number of rotatable bonds is 7. The fraction of sp³-hybridized carbons (Fsp3) is 0.190. The summed E-state index contributed by atoms with van der Waals surface area (Å²) in [4.78, 5) is 12.3. The Labute approximate surface area is 176 Å². The van der Waals surface area contributed by atoms with Crippen LogP contribution in [0, 0.1) is 0 Å². The van der Waals surface area contributed by atoms with E-state index in [1.165, 1.54) is 7.11 Å². The summed E-state index contributed by atoms with van der Waals surface area (Å²) in [7, 11) is 3.08. The molecule has 0 bridgehead atoms. The molecule has 1 amide bonds. The van der Waals surface area contributed by atoms with Gasteiger partial charge in [-0.1, -0.05) is 28.1 Å². The minimum Gasteiger partial charge on any atom is -0.493 e. The molecule has 0 unspecified atom stereocenters. The Balaban J connectivity index is 1.89. The number of fused-ring (bicyclic) bond motifs is 1. The summed E-state index contributed by atoms with van der Waals surface area (Å²) in [5, 5.41) is 19.1. The molecule has 150 valence electrons. The molecule has 1 heterocycles. The highest BCUT2D eigenvalue weighted by Crippen LogP contribution is 2.40. The third-order valence-corrected chi connectivity index (χ3v) is 4.84. The van der Waals surface area contributed by atoms with Gasteiger partial charge in [0, 0.05) is 16.4 Å². The second kappa shape index (κ2) is 8.91. The highest BCUT2D eigenvalue weighted by Gasteiger charge is 2.17. The van der Waals surface area contributed by atoms with Gasteiger partial charge in [-0.2, -0.15) is 0 Å². The molecule has 0 saturated carbocycles. The molecule has 2 aromatic carbocycles. The van der Waals surface area contributed by atoms with E-state index in [1.54, 1.807) is 36.0 Å². The highest BCUT2D eigenvalue weighted by molar-refractivity contribution is 9.10. The highest BCUT2D eigenvalue weighted by atomic mass is 79.9. The van der Waals surface area contributed by atoms with E-state index in [-0.39, 0.29) is 18.0 Å². The smallest absolute Gasteiger partial charge is 0.269 e. The number of ether oxygens (including phenoxy) is 2. The molecule has 8 heteroatoms. The largest absolute Gasteiger partial charge is 0.493 e. The molecule has 29 heavy (non-hydrogen) atoms. The zero-order valence-electron chi connectivity index (χ0n) is 16.1. The van der Waals surface area contributed by atoms with Crippen LogP contribution in [0.5, 0.6) is 17.4 Å². The maximum atomic E-state index is 12.3. The van der Waals surface area contributed by atoms with E-state index in [2.05, 4.69) is 32.7 Å². The van der Waals surface area contributed by atoms with Crippen molar-refractivity contribution in [2.45, 2.75) is 13.0 Å². The van der Waals surface area contributed by atoms with E-state index in [4.69, 9.17) is 9.47 Å². The van der Waals surface area contributed by atoms with E-state index in [9.17, 15) is 9.90 Å². The van der Waals surface area contributed by atoms with E-state index in [0.29, 0.717) is 29.0 Å². The number of aromatic hydroxyl groups is 1. The lowest BCUT2D eigenvalue weighted by molar-refractivity contribution is -0.117. The lowest BCUT2D eigenvalue weighted by Gasteiger charge is -2.08. The van der Waals surface area contributed by atoms with E-state index in [0.717, 1.165) is 9.99 Å². The van der Waals surface area contributed by atoms with Crippen LogP contribution in [0.15, 0.2) is 63.8 Å². The Morgan fingerprint density at radius 3 is 2.66 bits per heavy atom. The molecule has 0 fully saturated rings. The zero-order valence-corrected chi connectivity index (χ0v) is 17.6. The Hall–Kier alpha value is -3.13. The molecule has 0 aliphatic carbocycles. The van der Waals surface area contributed by atoms with Gasteiger partial charge >= 0.3 is 0 Å². The molecule has 3 aromatic rings.